The molecule has 0 saturated carbocycles. The van der Waals surface area contributed by atoms with Crippen LogP contribution in [0.4, 0.5) is 0 Å². The number of carboxylic acids is 1. The molecule has 1 saturated heterocycles. The first-order valence-corrected chi connectivity index (χ1v) is 10.9. The van der Waals surface area contributed by atoms with Gasteiger partial charge in [-0.25, -0.2) is 0 Å². The van der Waals surface area contributed by atoms with E-state index in [9.17, 15) is 14.7 Å². The molecule has 0 spiro atoms. The minimum atomic E-state index is -0.947. The van der Waals surface area contributed by atoms with Crippen molar-refractivity contribution in [1.29, 1.82) is 0 Å². The lowest BCUT2D eigenvalue weighted by Gasteiger charge is -2.25. The first-order valence-electron chi connectivity index (χ1n) is 10.9. The van der Waals surface area contributed by atoms with Crippen molar-refractivity contribution in [2.45, 2.75) is 45.1 Å². The third-order valence-corrected chi connectivity index (χ3v) is 5.95. The highest BCUT2D eigenvalue weighted by Gasteiger charge is 2.49. The molecule has 0 bridgehead atoms. The van der Waals surface area contributed by atoms with Crippen LogP contribution >= 0.6 is 0 Å². The van der Waals surface area contributed by atoms with Crippen LogP contribution in [0, 0.1) is 5.41 Å². The smallest absolute Gasteiger partial charge is 0.304 e. The van der Waals surface area contributed by atoms with Gasteiger partial charge in [-0.05, 0) is 55.5 Å². The minimum Gasteiger partial charge on any atom is -0.491 e. The van der Waals surface area contributed by atoms with Crippen molar-refractivity contribution in [3.63, 3.8) is 0 Å². The molecule has 2 aromatic carbocycles. The van der Waals surface area contributed by atoms with E-state index in [1.54, 1.807) is 6.92 Å². The number of carboxylic acid groups (broad SMARTS) is 1. The maximum absolute atomic E-state index is 13.1. The van der Waals surface area contributed by atoms with Gasteiger partial charge in [-0.1, -0.05) is 49.4 Å². The van der Waals surface area contributed by atoms with E-state index >= 15 is 0 Å². The lowest BCUT2D eigenvalue weighted by molar-refractivity contribution is -0.146. The number of nitrogens with two attached hydrogens (primary N) is 1. The van der Waals surface area contributed by atoms with Gasteiger partial charge in [0.15, 0.2) is 0 Å². The second-order valence-corrected chi connectivity index (χ2v) is 8.57. The van der Waals surface area contributed by atoms with Gasteiger partial charge in [0, 0.05) is 6.54 Å². The summed E-state index contributed by atoms with van der Waals surface area (Å²) in [6.07, 6.45) is 2.83. The number of hydrogen-bond donors (Lipinski definition) is 2. The fourth-order valence-electron chi connectivity index (χ4n) is 4.35. The zero-order valence-electron chi connectivity index (χ0n) is 18.1. The lowest BCUT2D eigenvalue weighted by Crippen LogP contribution is -2.39. The van der Waals surface area contributed by atoms with E-state index in [1.807, 2.05) is 47.4 Å². The molecule has 3 N–H and O–H groups in total. The molecule has 2 unspecified atom stereocenters. The predicted octanol–water partition coefficient (Wildman–Crippen LogP) is 3.28. The second-order valence-electron chi connectivity index (χ2n) is 8.57. The Kier molecular flexibility index (Phi) is 7.69. The Labute approximate surface area is 184 Å². The normalized spacial score (nSPS) is 20.8. The number of rotatable bonds is 11. The van der Waals surface area contributed by atoms with Crippen LogP contribution in [0.15, 0.2) is 54.6 Å². The molecule has 3 rings (SSSR count). The van der Waals surface area contributed by atoms with E-state index in [4.69, 9.17) is 10.5 Å². The average molecular weight is 425 g/mol. The Morgan fingerprint density at radius 3 is 2.45 bits per heavy atom. The van der Waals surface area contributed by atoms with E-state index in [1.165, 1.54) is 5.56 Å². The largest absolute Gasteiger partial charge is 0.491 e. The van der Waals surface area contributed by atoms with Gasteiger partial charge in [-0.2, -0.15) is 0 Å². The molecule has 1 fully saturated rings. The van der Waals surface area contributed by atoms with Crippen molar-refractivity contribution in [1.82, 2.24) is 4.90 Å². The number of carbonyl (C=O) groups is 2. The van der Waals surface area contributed by atoms with Gasteiger partial charge in [0.2, 0.25) is 5.91 Å². The number of likely N-dealkylation sites (tertiary alicyclic amines) is 1. The van der Waals surface area contributed by atoms with Crippen LogP contribution in [-0.2, 0) is 22.4 Å². The highest BCUT2D eigenvalue weighted by molar-refractivity contribution is 5.88. The third kappa shape index (κ3) is 6.07. The first-order chi connectivity index (χ1) is 14.9. The summed E-state index contributed by atoms with van der Waals surface area (Å²) in [4.78, 5) is 26.3. The maximum Gasteiger partial charge on any atom is 0.304 e. The quantitative estimate of drug-likeness (QED) is 0.577. The Morgan fingerprint density at radius 1 is 1.13 bits per heavy atom. The molecular weight excluding hydrogens is 392 g/mol. The molecule has 0 aromatic heterocycles. The average Bonchev–Trinajstić information content (AvgIpc) is 2.98. The van der Waals surface area contributed by atoms with Crippen molar-refractivity contribution in [3.05, 3.63) is 65.7 Å². The van der Waals surface area contributed by atoms with E-state index in [0.29, 0.717) is 26.1 Å². The van der Waals surface area contributed by atoms with Crippen LogP contribution in [0.3, 0.4) is 0 Å². The number of aliphatic carboxylic acids is 1. The Hall–Kier alpha value is -2.86. The highest BCUT2D eigenvalue weighted by atomic mass is 16.5. The van der Waals surface area contributed by atoms with Crippen LogP contribution in [0.1, 0.15) is 37.3 Å². The van der Waals surface area contributed by atoms with Gasteiger partial charge in [0.25, 0.3) is 0 Å². The number of hydrogen-bond acceptors (Lipinski definition) is 4. The summed E-state index contributed by atoms with van der Waals surface area (Å²) in [6.45, 7) is 3.30. The van der Waals surface area contributed by atoms with Crippen molar-refractivity contribution >= 4 is 11.9 Å². The number of nitrogens with zero attached hydrogens (tertiary/aromatic N) is 1. The Balaban J connectivity index is 1.65. The van der Waals surface area contributed by atoms with Crippen molar-refractivity contribution in [2.75, 3.05) is 19.7 Å². The summed E-state index contributed by atoms with van der Waals surface area (Å²) in [7, 11) is 0. The van der Waals surface area contributed by atoms with E-state index in [0.717, 1.165) is 30.6 Å². The minimum absolute atomic E-state index is 0.0881. The second kappa shape index (κ2) is 10.4. The number of ether oxygens (including phenoxy) is 1. The van der Waals surface area contributed by atoms with Crippen molar-refractivity contribution in [3.8, 4) is 5.75 Å². The molecule has 0 radical (unpaired) electrons. The van der Waals surface area contributed by atoms with Gasteiger partial charge >= 0.3 is 5.97 Å². The highest BCUT2D eigenvalue weighted by Crippen LogP contribution is 2.39. The summed E-state index contributed by atoms with van der Waals surface area (Å²) in [5, 5.41) is 9.32. The third-order valence-electron chi connectivity index (χ3n) is 5.95. The predicted molar refractivity (Wildman–Crippen MR) is 120 cm³/mol. The summed E-state index contributed by atoms with van der Waals surface area (Å²) in [6, 6.07) is 17.8. The van der Waals surface area contributed by atoms with Crippen LogP contribution in [0.5, 0.6) is 5.75 Å². The molecule has 2 aromatic rings. The van der Waals surface area contributed by atoms with Gasteiger partial charge in [0.1, 0.15) is 12.4 Å². The number of benzene rings is 2. The summed E-state index contributed by atoms with van der Waals surface area (Å²) >= 11 is 0. The molecule has 31 heavy (non-hydrogen) atoms. The molecule has 166 valence electrons. The Morgan fingerprint density at radius 2 is 1.81 bits per heavy atom. The molecule has 6 nitrogen and oxygen atoms in total. The first kappa shape index (κ1) is 22.8. The van der Waals surface area contributed by atoms with Crippen LogP contribution < -0.4 is 10.5 Å². The van der Waals surface area contributed by atoms with Crippen LogP contribution in [0.2, 0.25) is 0 Å². The van der Waals surface area contributed by atoms with Gasteiger partial charge < -0.3 is 20.5 Å². The van der Waals surface area contributed by atoms with E-state index < -0.39 is 11.4 Å². The fraction of sp³-hybridized carbons (Fsp3) is 0.440. The number of aryl methyl sites for hydroxylation is 1. The van der Waals surface area contributed by atoms with E-state index in [-0.39, 0.29) is 18.4 Å². The standard InChI is InChI=1S/C25H32N2O4/c1-25(17-23(28)29)16-21(18-31-22-11-9-20(10-12-22)13-14-26)27(24(25)30)15-5-8-19-6-3-2-4-7-19/h2-4,6-7,9-12,21H,5,8,13-18,26H2,1H3,(H,28,29). The summed E-state index contributed by atoms with van der Waals surface area (Å²) in [5.41, 5.74) is 7.09. The summed E-state index contributed by atoms with van der Waals surface area (Å²) < 4.78 is 5.99. The van der Waals surface area contributed by atoms with Gasteiger partial charge in [0.05, 0.1) is 17.9 Å². The van der Waals surface area contributed by atoms with Crippen molar-refractivity contribution in [2.24, 2.45) is 11.1 Å². The molecule has 1 amide bonds. The molecule has 1 aliphatic rings. The molecule has 1 heterocycles. The molecular formula is C25H32N2O4. The van der Waals surface area contributed by atoms with Crippen LogP contribution in [-0.4, -0.2) is 47.6 Å². The van der Waals surface area contributed by atoms with Gasteiger partial charge in [-0.15, -0.1) is 0 Å². The molecule has 6 heteroatoms. The SMILES string of the molecule is CC1(CC(=O)O)CC(COc2ccc(CCN)cc2)N(CCCc2ccccc2)C1=O. The molecule has 1 aliphatic heterocycles. The topological polar surface area (TPSA) is 92.9 Å². The zero-order valence-corrected chi connectivity index (χ0v) is 18.1. The number of amides is 1. The van der Waals surface area contributed by atoms with Gasteiger partial charge in [-0.3, -0.25) is 9.59 Å². The molecule has 2 atom stereocenters. The summed E-state index contributed by atoms with van der Waals surface area (Å²) in [5.74, 6) is -0.295. The zero-order chi connectivity index (χ0) is 22.3. The fourth-order valence-corrected chi connectivity index (χ4v) is 4.35. The number of carbonyl (C=O) groups excluding carboxylic acids is 1. The maximum atomic E-state index is 13.1. The van der Waals surface area contributed by atoms with E-state index in [2.05, 4.69) is 12.1 Å². The van der Waals surface area contributed by atoms with Crippen molar-refractivity contribution < 1.29 is 19.4 Å². The monoisotopic (exact) mass is 424 g/mol. The molecule has 0 aliphatic carbocycles. The lowest BCUT2D eigenvalue weighted by atomic mass is 9.84. The Bertz CT molecular complexity index is 869. The van der Waals surface area contributed by atoms with Crippen LogP contribution in [0.25, 0.3) is 0 Å².